The van der Waals surface area contributed by atoms with Crippen LogP contribution in [-0.4, -0.2) is 11.6 Å². The van der Waals surface area contributed by atoms with Crippen LogP contribution >= 0.6 is 0 Å². The molecule has 1 unspecified atom stereocenters. The summed E-state index contributed by atoms with van der Waals surface area (Å²) in [5, 5.41) is 0. The molecule has 0 aliphatic heterocycles. The van der Waals surface area contributed by atoms with Gasteiger partial charge >= 0.3 is 0 Å². The Hall–Kier alpha value is -3.00. The lowest BCUT2D eigenvalue weighted by Gasteiger charge is -2.15. The Morgan fingerprint density at radius 1 is 0.774 bits per heavy atom. The highest BCUT2D eigenvalue weighted by atomic mass is 16.1. The Labute approximate surface area is 186 Å². The van der Waals surface area contributed by atoms with Crippen molar-refractivity contribution in [3.63, 3.8) is 0 Å². The summed E-state index contributed by atoms with van der Waals surface area (Å²) in [5.41, 5.74) is 5.02. The maximum absolute atomic E-state index is 13.0. The van der Waals surface area contributed by atoms with Gasteiger partial charge in [0.25, 0.3) is 0 Å². The second-order valence-electron chi connectivity index (χ2n) is 8.34. The first-order valence-corrected chi connectivity index (χ1v) is 11.3. The molecule has 0 aliphatic carbocycles. The lowest BCUT2D eigenvalue weighted by Crippen LogP contribution is -2.09. The number of unbranched alkanes of at least 4 members (excludes halogenated alkanes) is 1. The fraction of sp³-hybridized carbons (Fsp3) is 0.310. The maximum Gasteiger partial charge on any atom is 0.163 e. The molecule has 31 heavy (non-hydrogen) atoms. The quantitative estimate of drug-likeness (QED) is 0.243. The first-order valence-electron chi connectivity index (χ1n) is 11.3. The first kappa shape index (κ1) is 22.7. The highest BCUT2D eigenvalue weighted by Gasteiger charge is 2.17. The molecule has 0 bridgehead atoms. The molecular weight excluding hydrogens is 380 g/mol. The van der Waals surface area contributed by atoms with Crippen molar-refractivity contribution < 1.29 is 9.59 Å². The van der Waals surface area contributed by atoms with Crippen LogP contribution < -0.4 is 0 Å². The van der Waals surface area contributed by atoms with Crippen molar-refractivity contribution in [2.45, 2.75) is 58.3 Å². The molecule has 0 fully saturated rings. The van der Waals surface area contributed by atoms with E-state index in [9.17, 15) is 9.59 Å². The van der Waals surface area contributed by atoms with Gasteiger partial charge < -0.3 is 0 Å². The van der Waals surface area contributed by atoms with Gasteiger partial charge in [-0.15, -0.1) is 0 Å². The summed E-state index contributed by atoms with van der Waals surface area (Å²) in [6.07, 6.45) is 4.74. The average molecular weight is 413 g/mol. The maximum atomic E-state index is 13.0. The van der Waals surface area contributed by atoms with Crippen LogP contribution in [0.2, 0.25) is 0 Å². The molecule has 3 aromatic rings. The molecule has 1 atom stereocenters. The molecular formula is C29H32O2. The molecule has 3 aromatic carbocycles. The van der Waals surface area contributed by atoms with E-state index in [0.29, 0.717) is 24.0 Å². The highest BCUT2D eigenvalue weighted by Crippen LogP contribution is 2.26. The van der Waals surface area contributed by atoms with Crippen molar-refractivity contribution in [3.05, 3.63) is 107 Å². The van der Waals surface area contributed by atoms with E-state index in [2.05, 4.69) is 50.2 Å². The number of carbonyl (C=O) groups excluding carboxylic acids is 2. The number of hydrogen-bond donors (Lipinski definition) is 0. The molecule has 0 saturated carbocycles. The van der Waals surface area contributed by atoms with Crippen LogP contribution in [0.5, 0.6) is 0 Å². The third kappa shape index (κ3) is 6.75. The van der Waals surface area contributed by atoms with Crippen LogP contribution in [-0.2, 0) is 6.42 Å². The number of benzene rings is 3. The van der Waals surface area contributed by atoms with Crippen LogP contribution in [0.15, 0.2) is 78.9 Å². The van der Waals surface area contributed by atoms with Gasteiger partial charge in [-0.05, 0) is 55.7 Å². The van der Waals surface area contributed by atoms with Crippen molar-refractivity contribution in [2.75, 3.05) is 0 Å². The number of rotatable bonds is 11. The van der Waals surface area contributed by atoms with E-state index in [1.807, 2.05) is 36.4 Å². The van der Waals surface area contributed by atoms with Gasteiger partial charge in [0, 0.05) is 24.0 Å². The Bertz CT molecular complexity index is 1000. The minimum atomic E-state index is 0.104. The zero-order valence-electron chi connectivity index (χ0n) is 18.6. The fourth-order valence-corrected chi connectivity index (χ4v) is 4.03. The van der Waals surface area contributed by atoms with Gasteiger partial charge in [0.15, 0.2) is 11.6 Å². The number of ketones is 2. The van der Waals surface area contributed by atoms with Crippen molar-refractivity contribution >= 4 is 11.6 Å². The van der Waals surface area contributed by atoms with Crippen LogP contribution in [0.1, 0.15) is 82.4 Å². The molecule has 0 aliphatic rings. The minimum absolute atomic E-state index is 0.104. The van der Waals surface area contributed by atoms with Gasteiger partial charge in [0.2, 0.25) is 0 Å². The SMILES string of the molecule is CCC(CC(=O)c1cccc(C(=O)CCCCc2ccccc2)c1)c1cccc(C)c1. The molecule has 3 rings (SSSR count). The molecule has 2 nitrogen and oxygen atoms in total. The Morgan fingerprint density at radius 2 is 1.48 bits per heavy atom. The Balaban J connectivity index is 1.56. The number of Topliss-reactive ketones (excluding diaryl/α,β-unsaturated/α-hetero) is 2. The van der Waals surface area contributed by atoms with E-state index in [1.165, 1.54) is 16.7 Å². The summed E-state index contributed by atoms with van der Waals surface area (Å²) in [7, 11) is 0. The van der Waals surface area contributed by atoms with Gasteiger partial charge in [-0.3, -0.25) is 9.59 Å². The van der Waals surface area contributed by atoms with Crippen LogP contribution in [0.4, 0.5) is 0 Å². The van der Waals surface area contributed by atoms with Crippen molar-refractivity contribution in [2.24, 2.45) is 0 Å². The summed E-state index contributed by atoms with van der Waals surface area (Å²) in [6, 6.07) is 26.0. The van der Waals surface area contributed by atoms with Crippen molar-refractivity contribution in [1.29, 1.82) is 0 Å². The average Bonchev–Trinajstić information content (AvgIpc) is 2.80. The summed E-state index contributed by atoms with van der Waals surface area (Å²) in [4.78, 5) is 25.6. The lowest BCUT2D eigenvalue weighted by atomic mass is 9.88. The number of carbonyl (C=O) groups is 2. The van der Waals surface area contributed by atoms with Gasteiger partial charge in [0.1, 0.15) is 0 Å². The number of hydrogen-bond acceptors (Lipinski definition) is 2. The van der Waals surface area contributed by atoms with Crippen molar-refractivity contribution in [3.8, 4) is 0 Å². The van der Waals surface area contributed by atoms with Gasteiger partial charge in [-0.1, -0.05) is 85.3 Å². The smallest absolute Gasteiger partial charge is 0.163 e. The Kier molecular flexibility index (Phi) is 8.35. The van der Waals surface area contributed by atoms with E-state index >= 15 is 0 Å². The largest absolute Gasteiger partial charge is 0.294 e. The first-order chi connectivity index (χ1) is 15.1. The van der Waals surface area contributed by atoms with E-state index in [1.54, 1.807) is 6.07 Å². The van der Waals surface area contributed by atoms with E-state index in [0.717, 1.165) is 25.7 Å². The van der Waals surface area contributed by atoms with Crippen molar-refractivity contribution in [1.82, 2.24) is 0 Å². The van der Waals surface area contributed by atoms with Gasteiger partial charge in [-0.2, -0.15) is 0 Å². The van der Waals surface area contributed by atoms with E-state index in [4.69, 9.17) is 0 Å². The topological polar surface area (TPSA) is 34.1 Å². The second kappa shape index (κ2) is 11.4. The molecule has 0 N–H and O–H groups in total. The molecule has 0 amide bonds. The Morgan fingerprint density at radius 3 is 2.19 bits per heavy atom. The van der Waals surface area contributed by atoms with Crippen LogP contribution in [0.3, 0.4) is 0 Å². The summed E-state index contributed by atoms with van der Waals surface area (Å²) < 4.78 is 0. The summed E-state index contributed by atoms with van der Waals surface area (Å²) in [6.45, 7) is 4.20. The predicted molar refractivity (Wildman–Crippen MR) is 128 cm³/mol. The molecule has 2 heteroatoms. The minimum Gasteiger partial charge on any atom is -0.294 e. The van der Waals surface area contributed by atoms with E-state index in [-0.39, 0.29) is 17.5 Å². The molecule has 0 saturated heterocycles. The molecule has 0 spiro atoms. The fourth-order valence-electron chi connectivity index (χ4n) is 4.03. The summed E-state index contributed by atoms with van der Waals surface area (Å²) >= 11 is 0. The molecule has 0 radical (unpaired) electrons. The lowest BCUT2D eigenvalue weighted by molar-refractivity contribution is 0.0972. The molecule has 0 heterocycles. The highest BCUT2D eigenvalue weighted by molar-refractivity contribution is 6.01. The monoisotopic (exact) mass is 412 g/mol. The predicted octanol–water partition coefficient (Wildman–Crippen LogP) is 7.36. The molecule has 0 aromatic heterocycles. The van der Waals surface area contributed by atoms with Gasteiger partial charge in [0.05, 0.1) is 0 Å². The van der Waals surface area contributed by atoms with Gasteiger partial charge in [-0.25, -0.2) is 0 Å². The normalized spacial score (nSPS) is 11.8. The standard InChI is InChI=1S/C29H32O2/c1-3-24(25-15-9-11-22(2)19-25)21-29(31)27-17-10-16-26(20-27)28(30)18-8-7-14-23-12-5-4-6-13-23/h4-6,9-13,15-17,19-20,24H,3,7-8,14,18,21H2,1-2H3. The zero-order valence-corrected chi connectivity index (χ0v) is 18.6. The zero-order chi connectivity index (χ0) is 22.1. The van der Waals surface area contributed by atoms with E-state index < -0.39 is 0 Å². The second-order valence-corrected chi connectivity index (χ2v) is 8.34. The number of aryl methyl sites for hydroxylation is 2. The van der Waals surface area contributed by atoms with Crippen LogP contribution in [0.25, 0.3) is 0 Å². The summed E-state index contributed by atoms with van der Waals surface area (Å²) in [5.74, 6) is 0.422. The third-order valence-corrected chi connectivity index (χ3v) is 5.91. The van der Waals surface area contributed by atoms with Crippen LogP contribution in [0, 0.1) is 6.92 Å². The third-order valence-electron chi connectivity index (χ3n) is 5.91. The molecule has 160 valence electrons.